The molecule has 0 aliphatic rings. The van der Waals surface area contributed by atoms with E-state index in [0.717, 1.165) is 56.1 Å². The van der Waals surface area contributed by atoms with E-state index in [4.69, 9.17) is 47.1 Å². The largest absolute Gasteiger partial charge is 0.508 e. The number of non-ortho nitro benzene ring substituents is 1. The first-order valence-corrected chi connectivity index (χ1v) is 33.2. The van der Waals surface area contributed by atoms with Crippen LogP contribution in [0.3, 0.4) is 0 Å². The number of phenols is 3. The van der Waals surface area contributed by atoms with Crippen LogP contribution in [0.25, 0.3) is 24.2 Å². The van der Waals surface area contributed by atoms with E-state index < -0.39 is 15.8 Å². The van der Waals surface area contributed by atoms with Gasteiger partial charge in [-0.15, -0.1) is 0 Å². The van der Waals surface area contributed by atoms with Crippen molar-refractivity contribution in [2.24, 2.45) is 0 Å². The summed E-state index contributed by atoms with van der Waals surface area (Å²) in [6.07, 6.45) is 0. The number of benzene rings is 12. The number of ether oxygens (including phenoxy) is 3. The number of nitrogens with zero attached hydrogens (tertiary/aromatic N) is 9. The van der Waals surface area contributed by atoms with Crippen molar-refractivity contribution in [3.8, 4) is 70.0 Å². The zero-order chi connectivity index (χ0) is 76.6. The standard InChI is InChI=1S/C53H34N6O3.C29H28O3.C8H3N3O2/c1-52(2,39-12-19-43(20-13-39)60-46-25-27-49(57-4)36(29-46)33-55)38-8-10-40(11-9-38)53(3,41-14-21-44(22-15-41)61-47-26-28-50(58-5)37(30-47)34-56)42-16-23-45(24-17-42)62-48-18-7-35(32-54)51(31-48)59-6;1-28(2,21-8-14-25(30)15-9-21)20-4-6-22(7-5-20)29(3,23-10-16-26(31)17-11-23)24-12-18-27(32)19-13-24;1-9-7-4-3-6(11(12)13)5-8(7)10-2/h7-31H,1-3H3;4-19,30-32H,1-3H3;3-5H. The van der Waals surface area contributed by atoms with Crippen molar-refractivity contribution >= 4 is 34.1 Å². The normalized spacial score (nSPS) is 11.3. The van der Waals surface area contributed by atoms with Crippen molar-refractivity contribution in [1.29, 1.82) is 15.8 Å². The molecule has 518 valence electrons. The van der Waals surface area contributed by atoms with Crippen LogP contribution < -0.4 is 14.2 Å². The molecule has 0 saturated heterocycles. The molecule has 0 saturated carbocycles. The summed E-state index contributed by atoms with van der Waals surface area (Å²) < 4.78 is 18.3. The smallest absolute Gasteiger partial charge is 0.256 e. The minimum Gasteiger partial charge on any atom is -0.508 e. The third-order valence-corrected chi connectivity index (χ3v) is 19.0. The Morgan fingerprint density at radius 2 is 0.561 bits per heavy atom. The number of hydrogen-bond acceptors (Lipinski definition) is 11. The quantitative estimate of drug-likeness (QED) is 0.0336. The van der Waals surface area contributed by atoms with Gasteiger partial charge in [0.1, 0.15) is 51.7 Å². The minimum absolute atomic E-state index is 0.0178. The maximum Gasteiger partial charge on any atom is 0.256 e. The van der Waals surface area contributed by atoms with Crippen molar-refractivity contribution in [2.45, 2.75) is 63.2 Å². The predicted molar refractivity (Wildman–Crippen MR) is 410 cm³/mol. The fourth-order valence-electron chi connectivity index (χ4n) is 12.4. The van der Waals surface area contributed by atoms with E-state index in [-0.39, 0.29) is 78.9 Å². The van der Waals surface area contributed by atoms with E-state index in [2.05, 4.69) is 126 Å². The van der Waals surface area contributed by atoms with Gasteiger partial charge in [0.2, 0.25) is 22.7 Å². The Morgan fingerprint density at radius 3 is 0.869 bits per heavy atom. The average molecular weight is 1400 g/mol. The molecule has 0 bridgehead atoms. The second kappa shape index (κ2) is 32.2. The number of nitro benzene ring substituents is 1. The summed E-state index contributed by atoms with van der Waals surface area (Å²) in [4.78, 5) is 26.0. The summed E-state index contributed by atoms with van der Waals surface area (Å²) in [7, 11) is 0. The van der Waals surface area contributed by atoms with Crippen LogP contribution in [0.1, 0.15) is 114 Å². The van der Waals surface area contributed by atoms with Gasteiger partial charge in [0.05, 0.1) is 72.7 Å². The first-order chi connectivity index (χ1) is 51.4. The van der Waals surface area contributed by atoms with E-state index in [1.807, 2.05) is 115 Å². The molecular formula is C90H65N9O8. The number of aromatic hydroxyl groups is 3. The van der Waals surface area contributed by atoms with E-state index in [1.165, 1.54) is 17.7 Å². The summed E-state index contributed by atoms with van der Waals surface area (Å²) >= 11 is 0. The van der Waals surface area contributed by atoms with E-state index >= 15 is 0 Å². The minimum atomic E-state index is -0.659. The van der Waals surface area contributed by atoms with E-state index in [1.54, 1.807) is 91.0 Å². The lowest BCUT2D eigenvalue weighted by molar-refractivity contribution is -0.384. The topological polar surface area (TPSA) is 225 Å². The molecular weight excluding hydrogens is 1340 g/mol. The number of rotatable bonds is 17. The molecule has 12 aromatic rings. The zero-order valence-electron chi connectivity index (χ0n) is 58.8. The Labute approximate surface area is 620 Å². The molecule has 12 aromatic carbocycles. The highest BCUT2D eigenvalue weighted by atomic mass is 16.6. The van der Waals surface area contributed by atoms with Gasteiger partial charge in [0, 0.05) is 33.8 Å². The van der Waals surface area contributed by atoms with Gasteiger partial charge < -0.3 is 29.5 Å². The summed E-state index contributed by atoms with van der Waals surface area (Å²) in [6, 6.07) is 86.8. The summed E-state index contributed by atoms with van der Waals surface area (Å²) in [5, 5.41) is 67.8. The molecule has 0 fully saturated rings. The zero-order valence-corrected chi connectivity index (χ0v) is 58.8. The highest BCUT2D eigenvalue weighted by molar-refractivity contribution is 5.73. The van der Waals surface area contributed by atoms with Crippen LogP contribution in [0, 0.1) is 77.0 Å². The third-order valence-electron chi connectivity index (χ3n) is 19.0. The molecule has 3 N–H and O–H groups in total. The third kappa shape index (κ3) is 16.4. The van der Waals surface area contributed by atoms with Crippen LogP contribution in [0.5, 0.6) is 51.7 Å². The van der Waals surface area contributed by atoms with Crippen LogP contribution >= 0.6 is 0 Å². The van der Waals surface area contributed by atoms with Crippen LogP contribution in [0.15, 0.2) is 267 Å². The van der Waals surface area contributed by atoms with Gasteiger partial charge in [-0.2, -0.15) is 15.8 Å². The molecule has 0 aromatic heterocycles. The van der Waals surface area contributed by atoms with Crippen molar-refractivity contribution < 1.29 is 34.5 Å². The van der Waals surface area contributed by atoms with Crippen molar-refractivity contribution in [2.75, 3.05) is 0 Å². The van der Waals surface area contributed by atoms with Gasteiger partial charge >= 0.3 is 0 Å². The molecule has 0 radical (unpaired) electrons. The van der Waals surface area contributed by atoms with Crippen molar-refractivity contribution in [3.05, 3.63) is 406 Å². The summed E-state index contributed by atoms with van der Waals surface area (Å²) in [5.74, 6) is 3.85. The molecule has 0 heterocycles. The molecule has 0 aliphatic carbocycles. The maximum atomic E-state index is 10.3. The van der Waals surface area contributed by atoms with Crippen molar-refractivity contribution in [1.82, 2.24) is 0 Å². The monoisotopic (exact) mass is 1400 g/mol. The molecule has 17 nitrogen and oxygen atoms in total. The lowest BCUT2D eigenvalue weighted by Crippen LogP contribution is -2.26. The Hall–Kier alpha value is -15.2. The highest BCUT2D eigenvalue weighted by Gasteiger charge is 2.35. The number of nitriles is 3. The van der Waals surface area contributed by atoms with Crippen LogP contribution in [-0.2, 0) is 21.7 Å². The molecule has 1 unspecified atom stereocenters. The molecule has 107 heavy (non-hydrogen) atoms. The van der Waals surface area contributed by atoms with Crippen LogP contribution in [0.4, 0.5) is 34.1 Å². The lowest BCUT2D eigenvalue weighted by Gasteiger charge is -2.33. The second-order valence-corrected chi connectivity index (χ2v) is 26.0. The number of nitro groups is 1. The summed E-state index contributed by atoms with van der Waals surface area (Å²) in [5.41, 5.74) is 10.5. The number of phenolic OH excluding ortho intramolecular Hbond substituents is 3. The van der Waals surface area contributed by atoms with E-state index in [0.29, 0.717) is 34.5 Å². The van der Waals surface area contributed by atoms with Crippen LogP contribution in [0.2, 0.25) is 0 Å². The average Bonchev–Trinajstić information content (AvgIpc) is 0.761. The van der Waals surface area contributed by atoms with Gasteiger partial charge in [-0.1, -0.05) is 173 Å². The summed E-state index contributed by atoms with van der Waals surface area (Å²) in [6.45, 7) is 48.4. The van der Waals surface area contributed by atoms with Crippen molar-refractivity contribution in [3.63, 3.8) is 0 Å². The Kier molecular flexibility index (Phi) is 22.4. The lowest BCUT2D eigenvalue weighted by atomic mass is 9.70. The fraction of sp³-hybridized carbons (Fsp3) is 0.111. The molecule has 0 aliphatic heterocycles. The van der Waals surface area contributed by atoms with Gasteiger partial charge in [-0.25, -0.2) is 19.4 Å². The second-order valence-electron chi connectivity index (χ2n) is 26.0. The molecule has 1 atom stereocenters. The highest BCUT2D eigenvalue weighted by Crippen LogP contribution is 2.45. The Bertz CT molecular complexity index is 5480. The molecule has 0 spiro atoms. The molecule has 0 amide bonds. The Morgan fingerprint density at radius 1 is 0.308 bits per heavy atom. The first kappa shape index (κ1) is 74.5. The number of hydrogen-bond donors (Lipinski definition) is 3. The van der Waals surface area contributed by atoms with Gasteiger partial charge in [-0.05, 0) is 179 Å². The van der Waals surface area contributed by atoms with Gasteiger partial charge in [0.25, 0.3) is 5.69 Å². The first-order valence-electron chi connectivity index (χ1n) is 33.2. The Balaban J connectivity index is 0.000000223. The fourth-order valence-corrected chi connectivity index (χ4v) is 12.4. The molecule has 12 rings (SSSR count). The van der Waals surface area contributed by atoms with Gasteiger partial charge in [-0.3, -0.25) is 15.0 Å². The van der Waals surface area contributed by atoms with Crippen LogP contribution in [-0.4, -0.2) is 20.2 Å². The van der Waals surface area contributed by atoms with Gasteiger partial charge in [0.15, 0.2) is 5.69 Å². The maximum absolute atomic E-state index is 10.3. The SMILES string of the molecule is CC(C)(c1ccc(O)cc1)c1ccc(C(C)(c2ccc(O)cc2)c2ccc(O)cc2)cc1.[C-]#[N+]c1ccc(Oc2ccc(C(C)(C)c3ccc(C(C)(c4ccc(Oc5ccc([N+]#[C-])c(C#N)c5)cc4)c4ccc(Oc5ccc(C#N)c([N+]#[C-])c5)cc4)cc3)cc2)cc1C#N.[C-]#[N+]c1ccc([N+](=O)[O-])cc1[N+]#[C-]. The molecule has 17 heteroatoms. The van der Waals surface area contributed by atoms with E-state index in [9.17, 15) is 41.2 Å². The predicted octanol–water partition coefficient (Wildman–Crippen LogP) is 23.2.